The summed E-state index contributed by atoms with van der Waals surface area (Å²) in [7, 11) is 0. The summed E-state index contributed by atoms with van der Waals surface area (Å²) in [6.07, 6.45) is 1.97. The Kier molecular flexibility index (Phi) is 4.27. The van der Waals surface area contributed by atoms with Crippen LogP contribution in [0.4, 0.5) is 11.4 Å². The molecular formula is C14H21N3O2. The number of nitrogen functional groups attached to an aromatic ring is 2. The number of carbonyl (C=O) groups excluding carboxylic acids is 1. The zero-order chi connectivity index (χ0) is 13.8. The van der Waals surface area contributed by atoms with Gasteiger partial charge in [0, 0.05) is 30.6 Å². The summed E-state index contributed by atoms with van der Waals surface area (Å²) in [4.78, 5) is 12.2. The van der Waals surface area contributed by atoms with Gasteiger partial charge in [0.25, 0.3) is 5.91 Å². The molecule has 0 radical (unpaired) electrons. The molecule has 104 valence electrons. The van der Waals surface area contributed by atoms with Crippen molar-refractivity contribution in [2.75, 3.05) is 24.7 Å². The van der Waals surface area contributed by atoms with E-state index in [4.69, 9.17) is 16.2 Å². The molecule has 0 bridgehead atoms. The Bertz CT molecular complexity index is 456. The van der Waals surface area contributed by atoms with Crippen LogP contribution in [0.25, 0.3) is 0 Å². The second-order valence-corrected chi connectivity index (χ2v) is 5.06. The summed E-state index contributed by atoms with van der Waals surface area (Å²) in [5.41, 5.74) is 12.9. The highest BCUT2D eigenvalue weighted by Crippen LogP contribution is 2.20. The Balaban J connectivity index is 1.99. The minimum Gasteiger partial charge on any atom is -0.399 e. The summed E-state index contributed by atoms with van der Waals surface area (Å²) in [5.74, 6) is 0.323. The zero-order valence-electron chi connectivity index (χ0n) is 11.2. The number of nitrogens with two attached hydrogens (primary N) is 2. The molecule has 1 aliphatic rings. The van der Waals surface area contributed by atoms with E-state index >= 15 is 0 Å². The molecule has 1 atom stereocenters. The normalized spacial score (nSPS) is 17.9. The number of hydrogen-bond acceptors (Lipinski definition) is 4. The molecule has 0 spiro atoms. The number of carbonyl (C=O) groups is 1. The van der Waals surface area contributed by atoms with Crippen LogP contribution in [-0.2, 0) is 4.74 Å². The van der Waals surface area contributed by atoms with E-state index in [0.29, 0.717) is 22.9 Å². The SMILES string of the molecule is CC(NC(=O)c1ccc(N)cc1N)C1CCOCC1. The number of ether oxygens (including phenoxy) is 1. The van der Waals surface area contributed by atoms with Crippen molar-refractivity contribution in [3.8, 4) is 0 Å². The fraction of sp³-hybridized carbons (Fsp3) is 0.500. The molecule has 1 saturated heterocycles. The quantitative estimate of drug-likeness (QED) is 0.719. The number of nitrogens with one attached hydrogen (secondary N) is 1. The van der Waals surface area contributed by atoms with E-state index in [1.807, 2.05) is 6.92 Å². The predicted octanol–water partition coefficient (Wildman–Crippen LogP) is 1.40. The van der Waals surface area contributed by atoms with Crippen molar-refractivity contribution in [2.45, 2.75) is 25.8 Å². The van der Waals surface area contributed by atoms with Crippen molar-refractivity contribution in [3.63, 3.8) is 0 Å². The first kappa shape index (κ1) is 13.7. The van der Waals surface area contributed by atoms with E-state index in [-0.39, 0.29) is 11.9 Å². The molecule has 1 heterocycles. The van der Waals surface area contributed by atoms with Crippen molar-refractivity contribution < 1.29 is 9.53 Å². The highest BCUT2D eigenvalue weighted by molar-refractivity contribution is 5.99. The third kappa shape index (κ3) is 3.38. The second-order valence-electron chi connectivity index (χ2n) is 5.06. The molecule has 5 nitrogen and oxygen atoms in total. The molecular weight excluding hydrogens is 242 g/mol. The summed E-state index contributed by atoms with van der Waals surface area (Å²) in [6.45, 7) is 3.57. The highest BCUT2D eigenvalue weighted by atomic mass is 16.5. The third-order valence-corrected chi connectivity index (χ3v) is 3.65. The summed E-state index contributed by atoms with van der Waals surface area (Å²) in [5, 5.41) is 3.01. The van der Waals surface area contributed by atoms with Crippen LogP contribution in [0.1, 0.15) is 30.1 Å². The van der Waals surface area contributed by atoms with Gasteiger partial charge in [-0.3, -0.25) is 4.79 Å². The fourth-order valence-corrected chi connectivity index (χ4v) is 2.41. The van der Waals surface area contributed by atoms with Crippen molar-refractivity contribution in [2.24, 2.45) is 5.92 Å². The van der Waals surface area contributed by atoms with Crippen LogP contribution in [0.2, 0.25) is 0 Å². The van der Waals surface area contributed by atoms with Crippen LogP contribution in [-0.4, -0.2) is 25.2 Å². The standard InChI is InChI=1S/C14H21N3O2/c1-9(10-4-6-19-7-5-10)17-14(18)12-3-2-11(15)8-13(12)16/h2-3,8-10H,4-7,15-16H2,1H3,(H,17,18). The van der Waals surface area contributed by atoms with Gasteiger partial charge < -0.3 is 21.5 Å². The van der Waals surface area contributed by atoms with Crippen LogP contribution in [0, 0.1) is 5.92 Å². The molecule has 0 aromatic heterocycles. The summed E-state index contributed by atoms with van der Waals surface area (Å²) in [6, 6.07) is 5.07. The van der Waals surface area contributed by atoms with Crippen LogP contribution in [0.15, 0.2) is 18.2 Å². The van der Waals surface area contributed by atoms with Gasteiger partial charge in [-0.05, 0) is 43.9 Å². The number of rotatable bonds is 3. The number of hydrogen-bond donors (Lipinski definition) is 3. The van der Waals surface area contributed by atoms with Crippen molar-refractivity contribution >= 4 is 17.3 Å². The zero-order valence-corrected chi connectivity index (χ0v) is 11.2. The Morgan fingerprint density at radius 2 is 2.05 bits per heavy atom. The van der Waals surface area contributed by atoms with Gasteiger partial charge in [-0.25, -0.2) is 0 Å². The molecule has 0 saturated carbocycles. The fourth-order valence-electron chi connectivity index (χ4n) is 2.41. The lowest BCUT2D eigenvalue weighted by molar-refractivity contribution is 0.0538. The molecule has 19 heavy (non-hydrogen) atoms. The average molecular weight is 263 g/mol. The maximum atomic E-state index is 12.2. The monoisotopic (exact) mass is 263 g/mol. The van der Waals surface area contributed by atoms with E-state index in [1.165, 1.54) is 0 Å². The smallest absolute Gasteiger partial charge is 0.253 e. The van der Waals surface area contributed by atoms with Crippen molar-refractivity contribution in [1.29, 1.82) is 0 Å². The number of anilines is 2. The van der Waals surface area contributed by atoms with Gasteiger partial charge in [0.2, 0.25) is 0 Å². The largest absolute Gasteiger partial charge is 0.399 e. The van der Waals surface area contributed by atoms with Gasteiger partial charge in [0.1, 0.15) is 0 Å². The number of benzene rings is 1. The van der Waals surface area contributed by atoms with E-state index in [2.05, 4.69) is 5.32 Å². The maximum Gasteiger partial charge on any atom is 0.253 e. The van der Waals surface area contributed by atoms with Gasteiger partial charge in [-0.15, -0.1) is 0 Å². The lowest BCUT2D eigenvalue weighted by Gasteiger charge is -2.28. The van der Waals surface area contributed by atoms with E-state index in [0.717, 1.165) is 26.1 Å². The van der Waals surface area contributed by atoms with Crippen LogP contribution >= 0.6 is 0 Å². The minimum atomic E-state index is -0.142. The minimum absolute atomic E-state index is 0.119. The molecule has 5 heteroatoms. The van der Waals surface area contributed by atoms with Crippen molar-refractivity contribution in [3.05, 3.63) is 23.8 Å². The molecule has 1 aliphatic heterocycles. The van der Waals surface area contributed by atoms with Gasteiger partial charge >= 0.3 is 0 Å². The Morgan fingerprint density at radius 3 is 2.68 bits per heavy atom. The topological polar surface area (TPSA) is 90.4 Å². The first-order chi connectivity index (χ1) is 9.08. The highest BCUT2D eigenvalue weighted by Gasteiger charge is 2.22. The van der Waals surface area contributed by atoms with Gasteiger partial charge in [0.05, 0.1) is 5.56 Å². The molecule has 1 aromatic carbocycles. The number of amides is 1. The second kappa shape index (κ2) is 5.93. The third-order valence-electron chi connectivity index (χ3n) is 3.65. The summed E-state index contributed by atoms with van der Waals surface area (Å²) >= 11 is 0. The van der Waals surface area contributed by atoms with E-state index in [1.54, 1.807) is 18.2 Å². The van der Waals surface area contributed by atoms with Gasteiger partial charge in [-0.2, -0.15) is 0 Å². The van der Waals surface area contributed by atoms with Crippen LogP contribution in [0.5, 0.6) is 0 Å². The van der Waals surface area contributed by atoms with E-state index in [9.17, 15) is 4.79 Å². The molecule has 1 fully saturated rings. The van der Waals surface area contributed by atoms with Crippen LogP contribution < -0.4 is 16.8 Å². The average Bonchev–Trinajstić information content (AvgIpc) is 2.39. The van der Waals surface area contributed by atoms with Crippen molar-refractivity contribution in [1.82, 2.24) is 5.32 Å². The molecule has 1 amide bonds. The molecule has 1 unspecified atom stereocenters. The summed E-state index contributed by atoms with van der Waals surface area (Å²) < 4.78 is 5.33. The predicted molar refractivity (Wildman–Crippen MR) is 75.7 cm³/mol. The molecule has 1 aromatic rings. The Morgan fingerprint density at radius 1 is 1.37 bits per heavy atom. The van der Waals surface area contributed by atoms with Gasteiger partial charge in [0.15, 0.2) is 0 Å². The first-order valence-electron chi connectivity index (χ1n) is 6.61. The first-order valence-corrected chi connectivity index (χ1v) is 6.61. The van der Waals surface area contributed by atoms with Crippen LogP contribution in [0.3, 0.4) is 0 Å². The van der Waals surface area contributed by atoms with Gasteiger partial charge in [-0.1, -0.05) is 0 Å². The Labute approximate surface area is 113 Å². The molecule has 2 rings (SSSR count). The maximum absolute atomic E-state index is 12.2. The lowest BCUT2D eigenvalue weighted by Crippen LogP contribution is -2.40. The molecule has 0 aliphatic carbocycles. The molecule has 5 N–H and O–H groups in total. The van der Waals surface area contributed by atoms with E-state index < -0.39 is 0 Å². The lowest BCUT2D eigenvalue weighted by atomic mass is 9.92. The Hall–Kier alpha value is -1.75.